The van der Waals surface area contributed by atoms with Crippen LogP contribution in [0.4, 0.5) is 5.69 Å². The minimum atomic E-state index is 0.532. The molecule has 5 aromatic heterocycles. The molecule has 0 atom stereocenters. The molecule has 7 heteroatoms. The number of H-pyrrole nitrogens is 2. The highest BCUT2D eigenvalue weighted by Crippen LogP contribution is 2.34. The molecule has 0 spiro atoms. The molecule has 3 N–H and O–H groups in total. The second-order valence-corrected chi connectivity index (χ2v) is 9.65. The average molecular weight is 486 g/mol. The fourth-order valence-electron chi connectivity index (χ4n) is 4.70. The Morgan fingerprint density at radius 3 is 2.68 bits per heavy atom. The van der Waals surface area contributed by atoms with E-state index in [2.05, 4.69) is 81.2 Å². The first-order valence-corrected chi connectivity index (χ1v) is 12.3. The largest absolute Gasteiger partial charge is 0.358 e. The number of benzene rings is 1. The van der Waals surface area contributed by atoms with Gasteiger partial charge in [-0.25, -0.2) is 4.98 Å². The fraction of sp³-hybridized carbons (Fsp3) is 0.133. The van der Waals surface area contributed by atoms with Gasteiger partial charge < -0.3 is 10.3 Å². The predicted octanol–water partition coefficient (Wildman–Crippen LogP) is 7.20. The van der Waals surface area contributed by atoms with Crippen molar-refractivity contribution in [2.45, 2.75) is 20.3 Å². The molecule has 0 aliphatic heterocycles. The van der Waals surface area contributed by atoms with Gasteiger partial charge in [0.05, 0.1) is 28.8 Å². The van der Waals surface area contributed by atoms with Gasteiger partial charge in [-0.2, -0.15) is 5.10 Å². The van der Waals surface area contributed by atoms with E-state index in [1.165, 1.54) is 0 Å². The highest BCUT2D eigenvalue weighted by Gasteiger charge is 2.15. The van der Waals surface area contributed by atoms with Gasteiger partial charge in [0.1, 0.15) is 11.2 Å². The molecule has 182 valence electrons. The van der Waals surface area contributed by atoms with Gasteiger partial charge in [-0.15, -0.1) is 0 Å². The average Bonchev–Trinajstić information content (AvgIpc) is 3.52. The summed E-state index contributed by atoms with van der Waals surface area (Å²) in [6.45, 7) is 8.49. The molecular formula is C30H27N7. The van der Waals surface area contributed by atoms with Gasteiger partial charge in [0.2, 0.25) is 0 Å². The molecule has 5 heterocycles. The lowest BCUT2D eigenvalue weighted by Crippen LogP contribution is -2.02. The van der Waals surface area contributed by atoms with E-state index >= 15 is 0 Å². The molecule has 0 radical (unpaired) electrons. The lowest BCUT2D eigenvalue weighted by atomic mass is 10.0. The number of nitrogens with one attached hydrogen (secondary N) is 3. The Morgan fingerprint density at radius 2 is 1.84 bits per heavy atom. The van der Waals surface area contributed by atoms with Crippen molar-refractivity contribution in [3.8, 4) is 33.8 Å². The molecule has 1 aromatic carbocycles. The SMILES string of the molecule is C=C(CC(C)C)Nc1cncc(-c2ccc3[nH]nc(-c4cc5c(-c6cccnc6)cccc5[nH]4)c3n2)c1. The molecule has 6 rings (SSSR count). The smallest absolute Gasteiger partial charge is 0.135 e. The van der Waals surface area contributed by atoms with Crippen molar-refractivity contribution in [2.24, 2.45) is 5.92 Å². The zero-order valence-corrected chi connectivity index (χ0v) is 20.8. The maximum atomic E-state index is 4.99. The molecule has 0 unspecified atom stereocenters. The summed E-state index contributed by atoms with van der Waals surface area (Å²) >= 11 is 0. The summed E-state index contributed by atoms with van der Waals surface area (Å²) in [5, 5.41) is 12.2. The van der Waals surface area contributed by atoms with Gasteiger partial charge >= 0.3 is 0 Å². The van der Waals surface area contributed by atoms with Gasteiger partial charge in [-0.05, 0) is 54.3 Å². The number of rotatable bonds is 7. The van der Waals surface area contributed by atoms with Crippen LogP contribution in [0.2, 0.25) is 0 Å². The second kappa shape index (κ2) is 9.35. The van der Waals surface area contributed by atoms with Crippen LogP contribution in [0.5, 0.6) is 0 Å². The number of aromatic nitrogens is 6. The lowest BCUT2D eigenvalue weighted by molar-refractivity contribution is 0.645. The van der Waals surface area contributed by atoms with Crippen molar-refractivity contribution in [3.63, 3.8) is 0 Å². The van der Waals surface area contributed by atoms with Crippen molar-refractivity contribution < 1.29 is 0 Å². The molecule has 0 saturated heterocycles. The number of hydrogen-bond donors (Lipinski definition) is 3. The summed E-state index contributed by atoms with van der Waals surface area (Å²) in [5.41, 5.74) is 10.2. The first-order chi connectivity index (χ1) is 18.0. The van der Waals surface area contributed by atoms with Gasteiger partial charge in [-0.1, -0.05) is 38.6 Å². The number of anilines is 1. The van der Waals surface area contributed by atoms with Gasteiger partial charge in [0.25, 0.3) is 0 Å². The summed E-state index contributed by atoms with van der Waals surface area (Å²) in [6.07, 6.45) is 8.21. The molecule has 0 aliphatic carbocycles. The van der Waals surface area contributed by atoms with Crippen LogP contribution in [-0.4, -0.2) is 30.1 Å². The van der Waals surface area contributed by atoms with Gasteiger partial charge in [0, 0.05) is 46.3 Å². The molecule has 0 saturated carbocycles. The van der Waals surface area contributed by atoms with E-state index in [0.717, 1.165) is 73.5 Å². The highest BCUT2D eigenvalue weighted by molar-refractivity contribution is 6.00. The molecule has 0 fully saturated rings. The van der Waals surface area contributed by atoms with E-state index in [9.17, 15) is 0 Å². The summed E-state index contributed by atoms with van der Waals surface area (Å²) in [6, 6.07) is 18.4. The quantitative estimate of drug-likeness (QED) is 0.222. The Morgan fingerprint density at radius 1 is 0.946 bits per heavy atom. The number of pyridine rings is 3. The molecule has 37 heavy (non-hydrogen) atoms. The zero-order valence-electron chi connectivity index (χ0n) is 20.8. The number of fused-ring (bicyclic) bond motifs is 2. The molecule has 6 aromatic rings. The number of allylic oxidation sites excluding steroid dienone is 1. The number of hydrogen-bond acceptors (Lipinski definition) is 5. The normalized spacial score (nSPS) is 11.4. The van der Waals surface area contributed by atoms with Gasteiger partial charge in [-0.3, -0.25) is 15.1 Å². The number of nitrogens with zero attached hydrogens (tertiary/aromatic N) is 4. The Bertz CT molecular complexity index is 1730. The molecular weight excluding hydrogens is 458 g/mol. The Hall–Kier alpha value is -4.78. The van der Waals surface area contributed by atoms with Crippen LogP contribution >= 0.6 is 0 Å². The van der Waals surface area contributed by atoms with E-state index in [1.807, 2.05) is 36.7 Å². The van der Waals surface area contributed by atoms with E-state index in [-0.39, 0.29) is 0 Å². The standard InChI is InChI=1S/C30H27N7/c1-18(2)12-19(3)33-22-13-21(16-32-17-22)25-9-10-27-29(35-25)30(37-36-27)28-14-24-23(7-4-8-26(24)34-28)20-6-5-11-31-15-20/h4-11,13-18,33-34H,3,12H2,1-2H3,(H,36,37). The lowest BCUT2D eigenvalue weighted by Gasteiger charge is -2.12. The highest BCUT2D eigenvalue weighted by atomic mass is 15.1. The van der Waals surface area contributed by atoms with Crippen molar-refractivity contribution in [3.05, 3.63) is 91.7 Å². The van der Waals surface area contributed by atoms with Crippen molar-refractivity contribution in [2.75, 3.05) is 5.32 Å². The van der Waals surface area contributed by atoms with E-state index < -0.39 is 0 Å². The molecule has 0 aliphatic rings. The van der Waals surface area contributed by atoms with Crippen molar-refractivity contribution >= 4 is 27.6 Å². The third-order valence-corrected chi connectivity index (χ3v) is 6.31. The van der Waals surface area contributed by atoms with Crippen LogP contribution in [0, 0.1) is 5.92 Å². The van der Waals surface area contributed by atoms with Crippen LogP contribution in [0.3, 0.4) is 0 Å². The van der Waals surface area contributed by atoms with E-state index in [1.54, 1.807) is 12.4 Å². The second-order valence-electron chi connectivity index (χ2n) is 9.65. The van der Waals surface area contributed by atoms with Crippen LogP contribution in [0.1, 0.15) is 20.3 Å². The van der Waals surface area contributed by atoms with Crippen LogP contribution < -0.4 is 5.32 Å². The van der Waals surface area contributed by atoms with Crippen LogP contribution in [0.15, 0.2) is 91.7 Å². The maximum absolute atomic E-state index is 4.99. The topological polar surface area (TPSA) is 95.2 Å². The predicted molar refractivity (Wildman–Crippen MR) is 150 cm³/mol. The third-order valence-electron chi connectivity index (χ3n) is 6.31. The number of aromatic amines is 2. The van der Waals surface area contributed by atoms with E-state index in [0.29, 0.717) is 5.92 Å². The summed E-state index contributed by atoms with van der Waals surface area (Å²) in [7, 11) is 0. The summed E-state index contributed by atoms with van der Waals surface area (Å²) in [5.74, 6) is 0.532. The first-order valence-electron chi connectivity index (χ1n) is 12.3. The molecule has 7 nitrogen and oxygen atoms in total. The monoisotopic (exact) mass is 485 g/mol. The van der Waals surface area contributed by atoms with Crippen LogP contribution in [-0.2, 0) is 0 Å². The molecule has 0 amide bonds. The Balaban J connectivity index is 1.38. The van der Waals surface area contributed by atoms with Crippen molar-refractivity contribution in [1.29, 1.82) is 0 Å². The minimum absolute atomic E-state index is 0.532. The van der Waals surface area contributed by atoms with Crippen LogP contribution in [0.25, 0.3) is 55.7 Å². The molecule has 0 bridgehead atoms. The zero-order chi connectivity index (χ0) is 25.4. The maximum Gasteiger partial charge on any atom is 0.135 e. The minimum Gasteiger partial charge on any atom is -0.358 e. The third kappa shape index (κ3) is 4.47. The van der Waals surface area contributed by atoms with Gasteiger partial charge in [0.15, 0.2) is 0 Å². The Kier molecular flexibility index (Phi) is 5.73. The summed E-state index contributed by atoms with van der Waals surface area (Å²) < 4.78 is 0. The fourth-order valence-corrected chi connectivity index (χ4v) is 4.70. The first kappa shape index (κ1) is 22.7. The van der Waals surface area contributed by atoms with E-state index in [4.69, 9.17) is 4.98 Å². The van der Waals surface area contributed by atoms with Crippen molar-refractivity contribution in [1.82, 2.24) is 30.1 Å². The summed E-state index contributed by atoms with van der Waals surface area (Å²) in [4.78, 5) is 17.2. The Labute approximate surface area is 214 Å².